The first kappa shape index (κ1) is 16.5. The Labute approximate surface area is 124 Å². The second-order valence-corrected chi connectivity index (χ2v) is 6.38. The van der Waals surface area contributed by atoms with Crippen LogP contribution in [0.2, 0.25) is 0 Å². The van der Waals surface area contributed by atoms with E-state index < -0.39 is 16.0 Å². The number of hydrogen-bond donors (Lipinski definition) is 0. The van der Waals surface area contributed by atoms with Crippen molar-refractivity contribution in [3.8, 4) is 0 Å². The van der Waals surface area contributed by atoms with Crippen LogP contribution in [0.25, 0.3) is 10.1 Å². The number of benzene rings is 1. The van der Waals surface area contributed by atoms with E-state index in [1.807, 2.05) is 26.0 Å². The summed E-state index contributed by atoms with van der Waals surface area (Å²) in [5.74, 6) is 0. The minimum absolute atomic E-state index is 0. The lowest BCUT2D eigenvalue weighted by Crippen LogP contribution is -3.00. The molecule has 0 fully saturated rings. The number of alkyl halides is 3. The summed E-state index contributed by atoms with van der Waals surface area (Å²) >= 11 is 0. The Morgan fingerprint density at radius 1 is 1.11 bits per heavy atom. The first-order valence-corrected chi connectivity index (χ1v) is 7.34. The van der Waals surface area contributed by atoms with Gasteiger partial charge in [0.2, 0.25) is 0 Å². The van der Waals surface area contributed by atoms with Crippen molar-refractivity contribution in [1.82, 2.24) is 0 Å². The number of fused-ring (bicyclic) bond motifs is 1. The second kappa shape index (κ2) is 6.27. The number of hydrogen-bond acceptors (Lipinski definition) is 0. The molecule has 0 nitrogen and oxygen atoms in total. The van der Waals surface area contributed by atoms with Gasteiger partial charge in [-0.25, -0.2) is 0 Å². The summed E-state index contributed by atoms with van der Waals surface area (Å²) in [4.78, 5) is 0.535. The van der Waals surface area contributed by atoms with Crippen LogP contribution in [0.3, 0.4) is 0 Å². The third-order valence-corrected chi connectivity index (χ3v) is 5.12. The summed E-state index contributed by atoms with van der Waals surface area (Å²) in [6.07, 6.45) is 2.05. The summed E-state index contributed by atoms with van der Waals surface area (Å²) in [6, 6.07) is 7.20. The van der Waals surface area contributed by atoms with Gasteiger partial charge < -0.3 is 17.0 Å². The van der Waals surface area contributed by atoms with Crippen LogP contribution < -0.4 is 17.0 Å². The molecule has 0 saturated carbocycles. The molecule has 1 heterocycles. The van der Waals surface area contributed by atoms with Crippen molar-refractivity contribution in [3.05, 3.63) is 34.7 Å². The molecule has 2 rings (SSSR count). The molecule has 0 amide bonds. The van der Waals surface area contributed by atoms with Gasteiger partial charge in [-0.05, 0) is 24.5 Å². The molecule has 19 heavy (non-hydrogen) atoms. The van der Waals surface area contributed by atoms with Crippen molar-refractivity contribution in [1.29, 1.82) is 0 Å². The van der Waals surface area contributed by atoms with Crippen LogP contribution in [0.15, 0.2) is 24.3 Å². The largest absolute Gasteiger partial charge is 1.00 e. The molecule has 0 aliphatic heterocycles. The zero-order valence-electron chi connectivity index (χ0n) is 10.9. The van der Waals surface area contributed by atoms with Crippen LogP contribution in [0.4, 0.5) is 13.2 Å². The van der Waals surface area contributed by atoms with Gasteiger partial charge in [-0.3, -0.25) is 0 Å². The van der Waals surface area contributed by atoms with Crippen LogP contribution in [0.5, 0.6) is 0 Å². The Kier molecular flexibility index (Phi) is 5.44. The van der Waals surface area contributed by atoms with E-state index in [1.54, 1.807) is 12.1 Å². The van der Waals surface area contributed by atoms with Gasteiger partial charge in [0.1, 0.15) is 0 Å². The molecule has 0 aliphatic rings. The number of aryl methyl sites for hydroxylation is 2. The van der Waals surface area contributed by atoms with Gasteiger partial charge >= 0.3 is 5.51 Å². The van der Waals surface area contributed by atoms with Crippen molar-refractivity contribution in [2.45, 2.75) is 38.6 Å². The SMILES string of the molecule is CCCc1cc2ccc(CC)cc2[s+]1C(F)(F)F.[Br-]. The third kappa shape index (κ3) is 3.31. The predicted octanol–water partition coefficient (Wildman–Crippen LogP) is 2.58. The summed E-state index contributed by atoms with van der Waals surface area (Å²) < 4.78 is 40.1. The van der Waals surface area contributed by atoms with Crippen LogP contribution in [0, 0.1) is 0 Å². The molecular formula is C14H16BrF3S. The van der Waals surface area contributed by atoms with E-state index in [9.17, 15) is 13.2 Å². The van der Waals surface area contributed by atoms with Crippen molar-refractivity contribution >= 4 is 20.6 Å². The Morgan fingerprint density at radius 2 is 1.79 bits per heavy atom. The van der Waals surface area contributed by atoms with E-state index in [0.29, 0.717) is 16.0 Å². The molecule has 106 valence electrons. The Morgan fingerprint density at radius 3 is 2.32 bits per heavy atom. The van der Waals surface area contributed by atoms with E-state index in [2.05, 4.69) is 0 Å². The fourth-order valence-corrected chi connectivity index (χ4v) is 4.28. The minimum Gasteiger partial charge on any atom is -1.00 e. The first-order chi connectivity index (χ1) is 8.47. The normalized spacial score (nSPS) is 12.6. The van der Waals surface area contributed by atoms with Crippen LogP contribution in [-0.4, -0.2) is 0 Å². The highest BCUT2D eigenvalue weighted by Gasteiger charge is 2.47. The molecule has 2 aromatic rings. The second-order valence-electron chi connectivity index (χ2n) is 4.34. The fourth-order valence-electron chi connectivity index (χ4n) is 2.16. The van der Waals surface area contributed by atoms with Gasteiger partial charge in [0.15, 0.2) is 9.58 Å². The molecule has 1 aromatic carbocycles. The lowest BCUT2D eigenvalue weighted by Gasteiger charge is -2.00. The van der Waals surface area contributed by atoms with E-state index in [-0.39, 0.29) is 17.0 Å². The van der Waals surface area contributed by atoms with Gasteiger partial charge in [-0.15, -0.1) is 13.2 Å². The molecule has 1 aromatic heterocycles. The average Bonchev–Trinajstić information content (AvgIpc) is 2.65. The first-order valence-electron chi connectivity index (χ1n) is 6.12. The Hall–Kier alpha value is -0.550. The lowest BCUT2D eigenvalue weighted by atomic mass is 10.1. The molecular weight excluding hydrogens is 337 g/mol. The van der Waals surface area contributed by atoms with Crippen molar-refractivity contribution in [3.63, 3.8) is 0 Å². The third-order valence-electron chi connectivity index (χ3n) is 3.01. The van der Waals surface area contributed by atoms with E-state index in [4.69, 9.17) is 0 Å². The van der Waals surface area contributed by atoms with E-state index >= 15 is 0 Å². The van der Waals surface area contributed by atoms with Crippen molar-refractivity contribution < 1.29 is 30.2 Å². The number of rotatable bonds is 3. The zero-order valence-corrected chi connectivity index (χ0v) is 13.3. The van der Waals surface area contributed by atoms with Crippen LogP contribution >= 0.6 is 10.5 Å². The summed E-state index contributed by atoms with van der Waals surface area (Å²) in [5.41, 5.74) is -3.18. The van der Waals surface area contributed by atoms with Gasteiger partial charge in [0, 0.05) is 23.9 Å². The van der Waals surface area contributed by atoms with Gasteiger partial charge in [0.25, 0.3) is 0 Å². The Balaban J connectivity index is 0.00000180. The topological polar surface area (TPSA) is 0 Å². The van der Waals surface area contributed by atoms with Gasteiger partial charge in [-0.2, -0.15) is 0 Å². The maximum Gasteiger partial charge on any atom is 0.600 e. The standard InChI is InChI=1S/C14H16F3S.BrH/c1-3-5-12-9-11-7-6-10(4-2)8-13(11)18(12)14(15,16)17;/h6-9H,3-5H2,1-2H3;1H/q+1;/p-1. The van der Waals surface area contributed by atoms with Gasteiger partial charge in [-0.1, -0.05) is 19.9 Å². The molecule has 0 aliphatic carbocycles. The summed E-state index contributed by atoms with van der Waals surface area (Å²) in [7, 11) is -1.71. The quantitative estimate of drug-likeness (QED) is 0.745. The molecule has 0 spiro atoms. The average molecular weight is 353 g/mol. The number of thiophene rings is 1. The Bertz CT molecular complexity index is 558. The maximum atomic E-state index is 13.2. The van der Waals surface area contributed by atoms with E-state index in [1.165, 1.54) is 0 Å². The maximum absolute atomic E-state index is 13.2. The summed E-state index contributed by atoms with van der Waals surface area (Å²) in [5, 5.41) is 0.747. The van der Waals surface area contributed by atoms with Crippen molar-refractivity contribution in [2.75, 3.05) is 0 Å². The molecule has 0 N–H and O–H groups in total. The van der Waals surface area contributed by atoms with Crippen LogP contribution in [-0.2, 0) is 18.3 Å². The molecule has 0 radical (unpaired) electrons. The fraction of sp³-hybridized carbons (Fsp3) is 0.429. The van der Waals surface area contributed by atoms with Gasteiger partial charge in [0.05, 0.1) is 10.5 Å². The van der Waals surface area contributed by atoms with Crippen LogP contribution in [0.1, 0.15) is 30.7 Å². The minimum atomic E-state index is -4.15. The highest BCUT2D eigenvalue weighted by atomic mass is 79.9. The lowest BCUT2D eigenvalue weighted by molar-refractivity contribution is -0.0867. The van der Waals surface area contributed by atoms with Crippen molar-refractivity contribution in [2.24, 2.45) is 0 Å². The molecule has 0 saturated heterocycles. The zero-order chi connectivity index (χ0) is 13.3. The smallest absolute Gasteiger partial charge is 0.600 e. The number of halogens is 4. The van der Waals surface area contributed by atoms with E-state index in [0.717, 1.165) is 23.8 Å². The predicted molar refractivity (Wildman–Crippen MR) is 71.1 cm³/mol. The highest BCUT2D eigenvalue weighted by Crippen LogP contribution is 2.51. The summed E-state index contributed by atoms with van der Waals surface area (Å²) in [6.45, 7) is 3.88. The molecule has 1 unspecified atom stereocenters. The highest BCUT2D eigenvalue weighted by molar-refractivity contribution is 7.38. The monoisotopic (exact) mass is 352 g/mol. The molecule has 5 heteroatoms. The molecule has 1 atom stereocenters. The molecule has 0 bridgehead atoms.